The van der Waals surface area contributed by atoms with Crippen molar-refractivity contribution in [3.05, 3.63) is 59.1 Å². The third-order valence-corrected chi connectivity index (χ3v) is 5.23. The van der Waals surface area contributed by atoms with Gasteiger partial charge in [-0.25, -0.2) is 4.79 Å². The van der Waals surface area contributed by atoms with E-state index in [0.29, 0.717) is 48.3 Å². The molecule has 26 heavy (non-hydrogen) atoms. The molecule has 0 amide bonds. The van der Waals surface area contributed by atoms with E-state index < -0.39 is 16.8 Å². The minimum absolute atomic E-state index is 0.222. The van der Waals surface area contributed by atoms with Crippen molar-refractivity contribution >= 4 is 28.4 Å². The van der Waals surface area contributed by atoms with Gasteiger partial charge < -0.3 is 14.6 Å². The minimum atomic E-state index is -0.966. The summed E-state index contributed by atoms with van der Waals surface area (Å²) in [5.74, 6) is 1.54. The Morgan fingerprint density at radius 2 is 1.35 bits per heavy atom. The number of carboxylic acid groups (broad SMARTS) is 1. The van der Waals surface area contributed by atoms with Gasteiger partial charge in [-0.2, -0.15) is 0 Å². The highest BCUT2D eigenvalue weighted by atomic mass is 35.5. The van der Waals surface area contributed by atoms with E-state index in [-0.39, 0.29) is 5.56 Å². The van der Waals surface area contributed by atoms with Gasteiger partial charge in [0, 0.05) is 27.3 Å². The van der Waals surface area contributed by atoms with Gasteiger partial charge in [0.05, 0.1) is 18.8 Å². The SMILES string of the molecule is O=C(O)c1ccc(OCCCS(=O)CCCOc2ccc(Cl)cc2)cc1. The second-order valence-electron chi connectivity index (χ2n) is 5.54. The van der Waals surface area contributed by atoms with Crippen LogP contribution in [-0.4, -0.2) is 40.0 Å². The molecule has 1 N–H and O–H groups in total. The third-order valence-electron chi connectivity index (χ3n) is 3.49. The predicted molar refractivity (Wildman–Crippen MR) is 103 cm³/mol. The summed E-state index contributed by atoms with van der Waals surface area (Å²) in [4.78, 5) is 10.8. The van der Waals surface area contributed by atoms with Crippen molar-refractivity contribution < 1.29 is 23.6 Å². The summed E-state index contributed by atoms with van der Waals surface area (Å²) in [5, 5.41) is 9.49. The second-order valence-corrected chi connectivity index (χ2v) is 7.67. The van der Waals surface area contributed by atoms with Crippen molar-refractivity contribution in [2.24, 2.45) is 0 Å². The van der Waals surface area contributed by atoms with Gasteiger partial charge in [-0.3, -0.25) is 4.21 Å². The third kappa shape index (κ3) is 7.45. The van der Waals surface area contributed by atoms with Crippen LogP contribution in [-0.2, 0) is 10.8 Å². The monoisotopic (exact) mass is 396 g/mol. The van der Waals surface area contributed by atoms with Gasteiger partial charge in [-0.05, 0) is 61.4 Å². The van der Waals surface area contributed by atoms with Crippen molar-refractivity contribution in [3.8, 4) is 11.5 Å². The molecule has 5 nitrogen and oxygen atoms in total. The van der Waals surface area contributed by atoms with Gasteiger partial charge in [0.25, 0.3) is 0 Å². The van der Waals surface area contributed by atoms with E-state index >= 15 is 0 Å². The molecule has 0 aliphatic heterocycles. The van der Waals surface area contributed by atoms with Crippen LogP contribution in [0.3, 0.4) is 0 Å². The van der Waals surface area contributed by atoms with Crippen LogP contribution in [0.15, 0.2) is 48.5 Å². The highest BCUT2D eigenvalue weighted by molar-refractivity contribution is 7.84. The Labute approximate surface area is 160 Å². The fourth-order valence-corrected chi connectivity index (χ4v) is 3.36. The largest absolute Gasteiger partial charge is 0.494 e. The molecule has 0 aliphatic rings. The molecule has 0 saturated carbocycles. The lowest BCUT2D eigenvalue weighted by Crippen LogP contribution is -2.10. The second kappa shape index (κ2) is 10.8. The normalized spacial score (nSPS) is 11.7. The number of ether oxygens (including phenoxy) is 2. The first-order valence-electron chi connectivity index (χ1n) is 8.24. The van der Waals surface area contributed by atoms with E-state index in [1.54, 1.807) is 36.4 Å². The van der Waals surface area contributed by atoms with Crippen LogP contribution in [0.5, 0.6) is 11.5 Å². The molecule has 0 fully saturated rings. The Hall–Kier alpha value is -2.05. The molecule has 7 heteroatoms. The first kappa shape index (κ1) is 20.3. The zero-order valence-corrected chi connectivity index (χ0v) is 15.8. The maximum absolute atomic E-state index is 11.9. The standard InChI is InChI=1S/C19H21ClO5S/c20-16-5-9-18(10-6-16)25-12-2-14-26(23)13-1-11-24-17-7-3-15(4-8-17)19(21)22/h3-10H,1-2,11-14H2,(H,21,22). The Morgan fingerprint density at radius 3 is 1.81 bits per heavy atom. The molecular weight excluding hydrogens is 376 g/mol. The van der Waals surface area contributed by atoms with Gasteiger partial charge >= 0.3 is 5.97 Å². The molecule has 0 spiro atoms. The van der Waals surface area contributed by atoms with Gasteiger partial charge in [0.15, 0.2) is 0 Å². The van der Waals surface area contributed by atoms with E-state index in [1.807, 2.05) is 0 Å². The maximum Gasteiger partial charge on any atom is 0.335 e. The molecule has 1 unspecified atom stereocenters. The number of carboxylic acids is 1. The number of halogens is 1. The van der Waals surface area contributed by atoms with E-state index in [9.17, 15) is 9.00 Å². The molecule has 0 bridgehead atoms. The van der Waals surface area contributed by atoms with E-state index in [4.69, 9.17) is 26.2 Å². The molecule has 140 valence electrons. The van der Waals surface area contributed by atoms with Crippen molar-refractivity contribution in [2.45, 2.75) is 12.8 Å². The van der Waals surface area contributed by atoms with Gasteiger partial charge in [-0.15, -0.1) is 0 Å². The number of benzene rings is 2. The lowest BCUT2D eigenvalue weighted by atomic mass is 10.2. The average molecular weight is 397 g/mol. The van der Waals surface area contributed by atoms with Crippen molar-refractivity contribution in [1.29, 1.82) is 0 Å². The summed E-state index contributed by atoms with van der Waals surface area (Å²) >= 11 is 5.80. The molecule has 0 heterocycles. The fourth-order valence-electron chi connectivity index (χ4n) is 2.15. The van der Waals surface area contributed by atoms with Crippen molar-refractivity contribution in [1.82, 2.24) is 0 Å². The van der Waals surface area contributed by atoms with Crippen LogP contribution < -0.4 is 9.47 Å². The summed E-state index contributed by atoms with van der Waals surface area (Å²) in [6.07, 6.45) is 1.39. The van der Waals surface area contributed by atoms with Crippen LogP contribution in [0.2, 0.25) is 5.02 Å². The summed E-state index contributed by atoms with van der Waals surface area (Å²) in [5.41, 5.74) is 0.222. The molecule has 2 rings (SSSR count). The summed E-state index contributed by atoms with van der Waals surface area (Å²) in [6, 6.07) is 13.4. The van der Waals surface area contributed by atoms with Gasteiger partial charge in [-0.1, -0.05) is 11.6 Å². The zero-order chi connectivity index (χ0) is 18.8. The lowest BCUT2D eigenvalue weighted by Gasteiger charge is -2.07. The summed E-state index contributed by atoms with van der Waals surface area (Å²) in [6.45, 7) is 0.958. The lowest BCUT2D eigenvalue weighted by molar-refractivity contribution is 0.0697. The molecule has 1 atom stereocenters. The Balaban J connectivity index is 1.54. The van der Waals surface area contributed by atoms with Crippen LogP contribution in [0, 0.1) is 0 Å². The number of carbonyl (C=O) groups is 1. The molecule has 0 radical (unpaired) electrons. The van der Waals surface area contributed by atoms with Gasteiger partial charge in [0.2, 0.25) is 0 Å². The number of hydrogen-bond acceptors (Lipinski definition) is 4. The minimum Gasteiger partial charge on any atom is -0.494 e. The van der Waals surface area contributed by atoms with E-state index in [1.165, 1.54) is 12.1 Å². The molecule has 0 saturated heterocycles. The highest BCUT2D eigenvalue weighted by Gasteiger charge is 2.04. The quantitative estimate of drug-likeness (QED) is 0.580. The topological polar surface area (TPSA) is 72.8 Å². The van der Waals surface area contributed by atoms with Crippen molar-refractivity contribution in [2.75, 3.05) is 24.7 Å². The number of rotatable bonds is 11. The highest BCUT2D eigenvalue weighted by Crippen LogP contribution is 2.15. The maximum atomic E-state index is 11.9. The van der Waals surface area contributed by atoms with Crippen molar-refractivity contribution in [3.63, 3.8) is 0 Å². The Bertz CT molecular complexity index is 716. The van der Waals surface area contributed by atoms with E-state index in [2.05, 4.69) is 0 Å². The number of hydrogen-bond donors (Lipinski definition) is 1. The molecule has 0 aromatic heterocycles. The first-order chi connectivity index (χ1) is 12.5. The molecule has 2 aromatic rings. The Kier molecular flexibility index (Phi) is 8.44. The fraction of sp³-hybridized carbons (Fsp3) is 0.316. The van der Waals surface area contributed by atoms with E-state index in [0.717, 1.165) is 5.75 Å². The first-order valence-corrected chi connectivity index (χ1v) is 10.1. The van der Waals surface area contributed by atoms with Crippen LogP contribution in [0.25, 0.3) is 0 Å². The van der Waals surface area contributed by atoms with Crippen LogP contribution in [0.4, 0.5) is 0 Å². The van der Waals surface area contributed by atoms with Crippen LogP contribution >= 0.6 is 11.6 Å². The molecule has 0 aliphatic carbocycles. The molecule has 2 aromatic carbocycles. The van der Waals surface area contributed by atoms with Crippen LogP contribution in [0.1, 0.15) is 23.2 Å². The zero-order valence-electron chi connectivity index (χ0n) is 14.2. The average Bonchev–Trinajstić information content (AvgIpc) is 2.64. The number of aromatic carboxylic acids is 1. The Morgan fingerprint density at radius 1 is 0.885 bits per heavy atom. The smallest absolute Gasteiger partial charge is 0.335 e. The molecular formula is C19H21ClO5S. The summed E-state index contributed by atoms with van der Waals surface area (Å²) < 4.78 is 23.0. The predicted octanol–water partition coefficient (Wildman–Crippen LogP) is 4.02. The summed E-state index contributed by atoms with van der Waals surface area (Å²) in [7, 11) is -0.908. The van der Waals surface area contributed by atoms with Gasteiger partial charge in [0.1, 0.15) is 11.5 Å².